The van der Waals surface area contributed by atoms with Crippen LogP contribution in [0.15, 0.2) is 35.9 Å². The third kappa shape index (κ3) is 3.79. The second kappa shape index (κ2) is 6.68. The lowest BCUT2D eigenvalue weighted by Gasteiger charge is -2.07. The van der Waals surface area contributed by atoms with Crippen LogP contribution in [0.25, 0.3) is 0 Å². The van der Waals surface area contributed by atoms with E-state index in [0.29, 0.717) is 12.5 Å². The number of hydrogen-bond acceptors (Lipinski definition) is 2. The lowest BCUT2D eigenvalue weighted by atomic mass is 10.1. The molecule has 0 aromatic heterocycles. The van der Waals surface area contributed by atoms with Gasteiger partial charge in [-0.15, -0.1) is 0 Å². The first-order valence-corrected chi connectivity index (χ1v) is 8.25. The van der Waals surface area contributed by atoms with Gasteiger partial charge >= 0.3 is 5.97 Å². The summed E-state index contributed by atoms with van der Waals surface area (Å²) in [6.45, 7) is 11.0. The summed E-state index contributed by atoms with van der Waals surface area (Å²) in [7, 11) is 0. The predicted octanol–water partition coefficient (Wildman–Crippen LogP) is 4.92. The van der Waals surface area contributed by atoms with Crippen molar-refractivity contribution in [3.05, 3.63) is 47.0 Å². The van der Waals surface area contributed by atoms with E-state index in [4.69, 9.17) is 4.74 Å². The molecule has 2 atom stereocenters. The van der Waals surface area contributed by atoms with Crippen molar-refractivity contribution in [3.8, 4) is 0 Å². The molecule has 0 spiro atoms. The van der Waals surface area contributed by atoms with Crippen molar-refractivity contribution >= 4 is 5.97 Å². The zero-order valence-electron chi connectivity index (χ0n) is 14.5. The van der Waals surface area contributed by atoms with Gasteiger partial charge in [0.25, 0.3) is 0 Å². The number of rotatable bonds is 6. The minimum absolute atomic E-state index is 0.00163. The molecular formula is C20H28O2. The van der Waals surface area contributed by atoms with Crippen LogP contribution in [0, 0.1) is 17.3 Å². The van der Waals surface area contributed by atoms with Gasteiger partial charge in [-0.2, -0.15) is 0 Å². The maximum absolute atomic E-state index is 12.3. The van der Waals surface area contributed by atoms with Crippen LogP contribution < -0.4 is 0 Å². The number of hydrogen-bond donors (Lipinski definition) is 0. The molecule has 1 aliphatic rings. The first-order chi connectivity index (χ1) is 10.4. The highest BCUT2D eigenvalue weighted by atomic mass is 16.5. The van der Waals surface area contributed by atoms with Crippen molar-refractivity contribution in [3.63, 3.8) is 0 Å². The first-order valence-electron chi connectivity index (χ1n) is 8.25. The van der Waals surface area contributed by atoms with E-state index in [1.54, 1.807) is 0 Å². The van der Waals surface area contributed by atoms with Gasteiger partial charge in [0.1, 0.15) is 6.61 Å². The Hall–Kier alpha value is -1.57. The molecule has 0 aliphatic heterocycles. The van der Waals surface area contributed by atoms with Crippen molar-refractivity contribution in [1.82, 2.24) is 0 Å². The molecule has 0 bridgehead atoms. The highest BCUT2D eigenvalue weighted by molar-refractivity contribution is 5.78. The minimum Gasteiger partial charge on any atom is -0.461 e. The Labute approximate surface area is 134 Å². The van der Waals surface area contributed by atoms with Gasteiger partial charge in [-0.25, -0.2) is 0 Å². The first kappa shape index (κ1) is 16.8. The average molecular weight is 300 g/mol. The summed E-state index contributed by atoms with van der Waals surface area (Å²) in [5.41, 5.74) is 3.69. The van der Waals surface area contributed by atoms with E-state index in [1.807, 2.05) is 0 Å². The van der Waals surface area contributed by atoms with Crippen LogP contribution in [0.1, 0.15) is 52.2 Å². The summed E-state index contributed by atoms with van der Waals surface area (Å²) in [5.74, 6) is 0.254. The van der Waals surface area contributed by atoms with Crippen LogP contribution in [0.4, 0.5) is 0 Å². The summed E-state index contributed by atoms with van der Waals surface area (Å²) in [5, 5.41) is 0. The Balaban J connectivity index is 1.89. The van der Waals surface area contributed by atoms with Crippen molar-refractivity contribution in [1.29, 1.82) is 0 Å². The molecule has 0 heterocycles. The largest absolute Gasteiger partial charge is 0.461 e. The third-order valence-electron chi connectivity index (χ3n) is 4.62. The molecule has 2 unspecified atom stereocenters. The van der Waals surface area contributed by atoms with Crippen LogP contribution >= 0.6 is 0 Å². The van der Waals surface area contributed by atoms with Crippen molar-refractivity contribution < 1.29 is 9.53 Å². The van der Waals surface area contributed by atoms with Crippen molar-refractivity contribution in [2.45, 2.75) is 54.1 Å². The summed E-state index contributed by atoms with van der Waals surface area (Å²) >= 11 is 0. The second-order valence-electron chi connectivity index (χ2n) is 7.24. The smallest absolute Gasteiger partial charge is 0.310 e. The summed E-state index contributed by atoms with van der Waals surface area (Å²) < 4.78 is 5.53. The Morgan fingerprint density at radius 3 is 2.32 bits per heavy atom. The molecule has 0 amide bonds. The standard InChI is InChI=1S/C20H28O2/c1-6-7-15-8-10-16(11-9-15)13-22-19(21)18-17(12-14(2)3)20(18,4)5/h8-12,17-18H,6-7,13H2,1-5H3. The third-order valence-corrected chi connectivity index (χ3v) is 4.62. The fraction of sp³-hybridized carbons (Fsp3) is 0.550. The van der Waals surface area contributed by atoms with Crippen LogP contribution in [-0.2, 0) is 22.6 Å². The Morgan fingerprint density at radius 1 is 1.18 bits per heavy atom. The van der Waals surface area contributed by atoms with Crippen LogP contribution in [0.2, 0.25) is 0 Å². The highest BCUT2D eigenvalue weighted by Crippen LogP contribution is 2.59. The Morgan fingerprint density at radius 2 is 1.77 bits per heavy atom. The lowest BCUT2D eigenvalue weighted by molar-refractivity contribution is -0.147. The molecule has 0 saturated heterocycles. The molecule has 2 nitrogen and oxygen atoms in total. The number of carbonyl (C=O) groups excluding carboxylic acids is 1. The molecule has 0 N–H and O–H groups in total. The van der Waals surface area contributed by atoms with Crippen LogP contribution in [0.3, 0.4) is 0 Å². The topological polar surface area (TPSA) is 26.3 Å². The molecule has 1 saturated carbocycles. The van der Waals surface area contributed by atoms with Gasteiger partial charge in [0, 0.05) is 0 Å². The van der Waals surface area contributed by atoms with Gasteiger partial charge in [0.05, 0.1) is 5.92 Å². The molecule has 22 heavy (non-hydrogen) atoms. The van der Waals surface area contributed by atoms with Gasteiger partial charge in [0.2, 0.25) is 0 Å². The van der Waals surface area contributed by atoms with E-state index < -0.39 is 0 Å². The zero-order valence-corrected chi connectivity index (χ0v) is 14.5. The second-order valence-corrected chi connectivity index (χ2v) is 7.24. The molecule has 2 heteroatoms. The van der Waals surface area contributed by atoms with E-state index in [2.05, 4.69) is 65.0 Å². The normalized spacial score (nSPS) is 22.0. The fourth-order valence-electron chi connectivity index (χ4n) is 3.13. The van der Waals surface area contributed by atoms with Gasteiger partial charge < -0.3 is 4.74 Å². The van der Waals surface area contributed by atoms with E-state index >= 15 is 0 Å². The Kier molecular flexibility index (Phi) is 5.10. The van der Waals surface area contributed by atoms with E-state index in [0.717, 1.165) is 18.4 Å². The van der Waals surface area contributed by atoms with E-state index in [9.17, 15) is 4.79 Å². The monoisotopic (exact) mass is 300 g/mol. The molecule has 1 fully saturated rings. The molecule has 2 rings (SSSR count). The number of benzene rings is 1. The maximum atomic E-state index is 12.3. The Bertz CT molecular complexity index is 548. The van der Waals surface area contributed by atoms with Crippen molar-refractivity contribution in [2.75, 3.05) is 0 Å². The molecule has 0 radical (unpaired) electrons. The maximum Gasteiger partial charge on any atom is 0.310 e. The molecule has 1 aliphatic carbocycles. The molecule has 120 valence electrons. The number of allylic oxidation sites excluding steroid dienone is 2. The zero-order chi connectivity index (χ0) is 16.3. The summed E-state index contributed by atoms with van der Waals surface area (Å²) in [6, 6.07) is 8.37. The van der Waals surface area contributed by atoms with Crippen molar-refractivity contribution in [2.24, 2.45) is 17.3 Å². The van der Waals surface area contributed by atoms with E-state index in [1.165, 1.54) is 11.1 Å². The number of ether oxygens (including phenoxy) is 1. The SMILES string of the molecule is CCCc1ccc(COC(=O)C2C(C=C(C)C)C2(C)C)cc1. The predicted molar refractivity (Wildman–Crippen MR) is 90.4 cm³/mol. The van der Waals surface area contributed by atoms with Gasteiger partial charge in [-0.05, 0) is 42.7 Å². The lowest BCUT2D eigenvalue weighted by Crippen LogP contribution is -2.10. The van der Waals surface area contributed by atoms with Crippen LogP contribution in [-0.4, -0.2) is 5.97 Å². The number of carbonyl (C=O) groups is 1. The van der Waals surface area contributed by atoms with Crippen LogP contribution in [0.5, 0.6) is 0 Å². The van der Waals surface area contributed by atoms with Gasteiger partial charge in [0.15, 0.2) is 0 Å². The van der Waals surface area contributed by atoms with E-state index in [-0.39, 0.29) is 17.3 Å². The average Bonchev–Trinajstić information content (AvgIpc) is 2.98. The summed E-state index contributed by atoms with van der Waals surface area (Å²) in [6.07, 6.45) is 4.45. The quantitative estimate of drug-likeness (QED) is 0.550. The number of aryl methyl sites for hydroxylation is 1. The highest BCUT2D eigenvalue weighted by Gasteiger charge is 2.61. The molecule has 1 aromatic carbocycles. The molecular weight excluding hydrogens is 272 g/mol. The fourth-order valence-corrected chi connectivity index (χ4v) is 3.13. The van der Waals surface area contributed by atoms with Gasteiger partial charge in [-0.1, -0.05) is 63.1 Å². The molecule has 1 aromatic rings. The number of esters is 1. The van der Waals surface area contributed by atoms with Gasteiger partial charge in [-0.3, -0.25) is 4.79 Å². The minimum atomic E-state index is -0.0647. The summed E-state index contributed by atoms with van der Waals surface area (Å²) in [4.78, 5) is 12.3.